The van der Waals surface area contributed by atoms with Crippen molar-refractivity contribution in [1.29, 1.82) is 0 Å². The molecule has 1 N–H and O–H groups in total. The van der Waals surface area contributed by atoms with Crippen LogP contribution in [0.3, 0.4) is 0 Å². The van der Waals surface area contributed by atoms with Gasteiger partial charge in [0, 0.05) is 18.7 Å². The molecule has 19 heavy (non-hydrogen) atoms. The molecule has 2 fully saturated rings. The Balaban J connectivity index is 1.68. The zero-order chi connectivity index (χ0) is 13.2. The van der Waals surface area contributed by atoms with Gasteiger partial charge in [-0.3, -0.25) is 4.79 Å². The van der Waals surface area contributed by atoms with Crippen LogP contribution in [-0.2, 0) is 0 Å². The third kappa shape index (κ3) is 2.97. The van der Waals surface area contributed by atoms with E-state index in [1.54, 1.807) is 6.07 Å². The lowest BCUT2D eigenvalue weighted by atomic mass is 9.97. The molecule has 1 aromatic heterocycles. The van der Waals surface area contributed by atoms with E-state index in [0.29, 0.717) is 17.7 Å². The first-order valence-corrected chi connectivity index (χ1v) is 7.19. The lowest BCUT2D eigenvalue weighted by Crippen LogP contribution is -2.40. The predicted octanol–water partition coefficient (Wildman–Crippen LogP) is 1.59. The second-order valence-corrected chi connectivity index (χ2v) is 5.71. The van der Waals surface area contributed by atoms with Crippen molar-refractivity contribution in [3.8, 4) is 0 Å². The van der Waals surface area contributed by atoms with Crippen molar-refractivity contribution < 1.29 is 9.32 Å². The summed E-state index contributed by atoms with van der Waals surface area (Å²) in [6.45, 7) is 4.84. The normalized spacial score (nSPS) is 20.5. The Morgan fingerprint density at radius 1 is 1.42 bits per heavy atom. The number of hydrogen-bond acceptors (Lipinski definition) is 4. The van der Waals surface area contributed by atoms with Crippen LogP contribution in [0.5, 0.6) is 0 Å². The fourth-order valence-electron chi connectivity index (χ4n) is 2.73. The fourth-order valence-corrected chi connectivity index (χ4v) is 2.73. The third-order valence-corrected chi connectivity index (χ3v) is 4.00. The van der Waals surface area contributed by atoms with E-state index >= 15 is 0 Å². The highest BCUT2D eigenvalue weighted by Gasteiger charge is 2.36. The average Bonchev–Trinajstić information content (AvgIpc) is 3.18. The number of nitrogens with zero attached hydrogens (tertiary/aromatic N) is 2. The highest BCUT2D eigenvalue weighted by Crippen LogP contribution is 2.30. The topological polar surface area (TPSA) is 58.4 Å². The van der Waals surface area contributed by atoms with Gasteiger partial charge in [-0.15, -0.1) is 0 Å². The van der Waals surface area contributed by atoms with Crippen molar-refractivity contribution in [1.82, 2.24) is 15.4 Å². The highest BCUT2D eigenvalue weighted by atomic mass is 16.5. The van der Waals surface area contributed by atoms with E-state index in [4.69, 9.17) is 4.52 Å². The number of aromatic nitrogens is 1. The van der Waals surface area contributed by atoms with E-state index in [2.05, 4.69) is 10.5 Å². The van der Waals surface area contributed by atoms with Crippen molar-refractivity contribution in [2.75, 3.05) is 19.6 Å². The molecule has 2 aliphatic rings. The molecule has 5 nitrogen and oxygen atoms in total. The number of aryl methyl sites for hydroxylation is 1. The zero-order valence-electron chi connectivity index (χ0n) is 11.4. The number of hydrogen-bond donors (Lipinski definition) is 1. The van der Waals surface area contributed by atoms with Crippen LogP contribution >= 0.6 is 0 Å². The summed E-state index contributed by atoms with van der Waals surface area (Å²) < 4.78 is 5.12. The molecule has 1 aromatic rings. The summed E-state index contributed by atoms with van der Waals surface area (Å²) in [5, 5.41) is 7.18. The molecule has 1 amide bonds. The largest absolute Gasteiger partial charge is 0.351 e. The number of rotatable bonds is 4. The molecule has 1 saturated carbocycles. The van der Waals surface area contributed by atoms with Crippen LogP contribution in [0.2, 0.25) is 0 Å². The molecule has 0 bridgehead atoms. The van der Waals surface area contributed by atoms with Crippen LogP contribution in [0.15, 0.2) is 10.6 Å². The molecular formula is C14H21N3O2. The zero-order valence-corrected chi connectivity index (χ0v) is 11.4. The Kier molecular flexibility index (Phi) is 3.55. The number of carbonyl (C=O) groups excluding carboxylic acids is 1. The van der Waals surface area contributed by atoms with Gasteiger partial charge >= 0.3 is 0 Å². The molecule has 5 heteroatoms. The summed E-state index contributed by atoms with van der Waals surface area (Å²) in [6, 6.07) is 2.16. The summed E-state index contributed by atoms with van der Waals surface area (Å²) in [7, 11) is 0. The highest BCUT2D eigenvalue weighted by molar-refractivity contribution is 5.91. The van der Waals surface area contributed by atoms with Crippen LogP contribution in [0.25, 0.3) is 0 Å². The maximum absolute atomic E-state index is 12.5. The van der Waals surface area contributed by atoms with Gasteiger partial charge in [0.1, 0.15) is 0 Å². The predicted molar refractivity (Wildman–Crippen MR) is 70.9 cm³/mol. The Morgan fingerprint density at radius 2 is 2.16 bits per heavy atom. The molecule has 2 heterocycles. The SMILES string of the molecule is Cc1cc(C(=O)N(CC2CCNCC2)C2CC2)on1. The molecule has 104 valence electrons. The molecule has 0 atom stereocenters. The minimum Gasteiger partial charge on any atom is -0.351 e. The number of amides is 1. The molecule has 0 spiro atoms. The van der Waals surface area contributed by atoms with Gasteiger partial charge in [-0.1, -0.05) is 5.16 Å². The molecule has 0 aromatic carbocycles. The Hall–Kier alpha value is -1.36. The van der Waals surface area contributed by atoms with E-state index in [1.165, 1.54) is 0 Å². The minimum atomic E-state index is 0.0154. The molecule has 0 radical (unpaired) electrons. The lowest BCUT2D eigenvalue weighted by molar-refractivity contribution is 0.0659. The van der Waals surface area contributed by atoms with E-state index in [0.717, 1.165) is 51.0 Å². The van der Waals surface area contributed by atoms with Crippen LogP contribution in [-0.4, -0.2) is 41.6 Å². The average molecular weight is 263 g/mol. The molecule has 0 unspecified atom stereocenters. The fraction of sp³-hybridized carbons (Fsp3) is 0.714. The van der Waals surface area contributed by atoms with Crippen LogP contribution in [0.1, 0.15) is 41.9 Å². The second-order valence-electron chi connectivity index (χ2n) is 5.71. The van der Waals surface area contributed by atoms with Gasteiger partial charge < -0.3 is 14.7 Å². The number of carbonyl (C=O) groups is 1. The van der Waals surface area contributed by atoms with E-state index in [1.807, 2.05) is 11.8 Å². The molecule has 1 aliphatic carbocycles. The molecular weight excluding hydrogens is 242 g/mol. The molecule has 3 rings (SSSR count). The van der Waals surface area contributed by atoms with Crippen molar-refractivity contribution in [2.24, 2.45) is 5.92 Å². The van der Waals surface area contributed by atoms with Gasteiger partial charge in [-0.2, -0.15) is 0 Å². The monoisotopic (exact) mass is 263 g/mol. The Bertz CT molecular complexity index is 447. The molecule has 1 aliphatic heterocycles. The summed E-state index contributed by atoms with van der Waals surface area (Å²) in [5.41, 5.74) is 0.765. The first kappa shape index (κ1) is 12.7. The summed E-state index contributed by atoms with van der Waals surface area (Å²) in [5.74, 6) is 1.02. The third-order valence-electron chi connectivity index (χ3n) is 4.00. The maximum atomic E-state index is 12.5. The van der Waals surface area contributed by atoms with Crippen LogP contribution in [0.4, 0.5) is 0 Å². The lowest BCUT2D eigenvalue weighted by Gasteiger charge is -2.29. The van der Waals surface area contributed by atoms with Gasteiger partial charge in [-0.05, 0) is 51.6 Å². The summed E-state index contributed by atoms with van der Waals surface area (Å²) in [4.78, 5) is 14.5. The van der Waals surface area contributed by atoms with Crippen molar-refractivity contribution in [2.45, 2.75) is 38.6 Å². The smallest absolute Gasteiger partial charge is 0.292 e. The van der Waals surface area contributed by atoms with Gasteiger partial charge in [0.25, 0.3) is 5.91 Å². The van der Waals surface area contributed by atoms with E-state index in [9.17, 15) is 4.79 Å². The quantitative estimate of drug-likeness (QED) is 0.896. The standard InChI is InChI=1S/C14H21N3O2/c1-10-8-13(19-16-10)14(18)17(12-2-3-12)9-11-4-6-15-7-5-11/h8,11-12,15H,2-7,9H2,1H3. The van der Waals surface area contributed by atoms with Crippen LogP contribution in [0, 0.1) is 12.8 Å². The van der Waals surface area contributed by atoms with Gasteiger partial charge in [0.15, 0.2) is 0 Å². The number of nitrogens with one attached hydrogen (secondary N) is 1. The molecule has 1 saturated heterocycles. The Labute approximate surface area is 113 Å². The van der Waals surface area contributed by atoms with Crippen LogP contribution < -0.4 is 5.32 Å². The summed E-state index contributed by atoms with van der Waals surface area (Å²) >= 11 is 0. The maximum Gasteiger partial charge on any atom is 0.292 e. The summed E-state index contributed by atoms with van der Waals surface area (Å²) in [6.07, 6.45) is 4.57. The van der Waals surface area contributed by atoms with Gasteiger partial charge in [-0.25, -0.2) is 0 Å². The van der Waals surface area contributed by atoms with Crippen molar-refractivity contribution in [3.05, 3.63) is 17.5 Å². The first-order valence-electron chi connectivity index (χ1n) is 7.19. The first-order chi connectivity index (χ1) is 9.24. The second kappa shape index (κ2) is 5.33. The van der Waals surface area contributed by atoms with Crippen molar-refractivity contribution >= 4 is 5.91 Å². The van der Waals surface area contributed by atoms with E-state index in [-0.39, 0.29) is 5.91 Å². The Morgan fingerprint density at radius 3 is 2.74 bits per heavy atom. The van der Waals surface area contributed by atoms with Crippen molar-refractivity contribution in [3.63, 3.8) is 0 Å². The van der Waals surface area contributed by atoms with E-state index < -0.39 is 0 Å². The number of piperidine rings is 1. The van der Waals surface area contributed by atoms with Gasteiger partial charge in [0.2, 0.25) is 5.76 Å². The van der Waals surface area contributed by atoms with Gasteiger partial charge in [0.05, 0.1) is 5.69 Å². The minimum absolute atomic E-state index is 0.0154.